The van der Waals surface area contributed by atoms with Crippen molar-refractivity contribution in [1.29, 1.82) is 0 Å². The predicted octanol–water partition coefficient (Wildman–Crippen LogP) is 3.14. The highest BCUT2D eigenvalue weighted by Crippen LogP contribution is 2.21. The summed E-state index contributed by atoms with van der Waals surface area (Å²) in [6.45, 7) is 4.54. The predicted molar refractivity (Wildman–Crippen MR) is 67.1 cm³/mol. The molecule has 0 heterocycles. The Bertz CT molecular complexity index is 369. The van der Waals surface area contributed by atoms with Gasteiger partial charge in [-0.25, -0.2) is 22.7 Å². The number of nitrogens with zero attached hydrogens (tertiary/aromatic N) is 2. The molecule has 0 unspecified atom stereocenters. The van der Waals surface area contributed by atoms with E-state index in [1.807, 2.05) is 0 Å². The lowest BCUT2D eigenvalue weighted by atomic mass is 9.90. The second-order valence-electron chi connectivity index (χ2n) is 4.43. The summed E-state index contributed by atoms with van der Waals surface area (Å²) < 4.78 is 30.5. The van der Waals surface area contributed by atoms with Crippen molar-refractivity contribution in [1.82, 2.24) is 4.31 Å². The SMILES string of the molecule is COC(=O)SN(C)C(=O)ON=C(C(F)F)C(C)(C)C. The van der Waals surface area contributed by atoms with E-state index in [9.17, 15) is 18.4 Å². The summed E-state index contributed by atoms with van der Waals surface area (Å²) >= 11 is 0.416. The van der Waals surface area contributed by atoms with Gasteiger partial charge in [0.05, 0.1) is 19.1 Å². The van der Waals surface area contributed by atoms with Gasteiger partial charge < -0.3 is 4.74 Å². The zero-order chi connectivity index (χ0) is 15.2. The lowest BCUT2D eigenvalue weighted by molar-refractivity contribution is 0.129. The van der Waals surface area contributed by atoms with Crippen LogP contribution in [0.1, 0.15) is 20.8 Å². The van der Waals surface area contributed by atoms with Crippen LogP contribution >= 0.6 is 11.9 Å². The molecular formula is C10H16F2N2O4S. The van der Waals surface area contributed by atoms with Crippen LogP contribution in [0.25, 0.3) is 0 Å². The van der Waals surface area contributed by atoms with Crippen LogP contribution in [0.15, 0.2) is 5.16 Å². The molecule has 6 nitrogen and oxygen atoms in total. The number of rotatable bonds is 2. The second kappa shape index (κ2) is 7.27. The molecule has 0 aliphatic rings. The normalized spacial score (nSPS) is 12.3. The van der Waals surface area contributed by atoms with Crippen molar-refractivity contribution < 1.29 is 27.9 Å². The van der Waals surface area contributed by atoms with Crippen LogP contribution in [0.5, 0.6) is 0 Å². The lowest BCUT2D eigenvalue weighted by Crippen LogP contribution is -2.29. The minimum atomic E-state index is -2.84. The molecule has 0 spiro atoms. The van der Waals surface area contributed by atoms with Crippen molar-refractivity contribution >= 4 is 29.1 Å². The van der Waals surface area contributed by atoms with Crippen molar-refractivity contribution in [2.45, 2.75) is 27.2 Å². The quantitative estimate of drug-likeness (QED) is 0.257. The van der Waals surface area contributed by atoms with Gasteiger partial charge in [0.25, 0.3) is 6.43 Å². The minimum absolute atomic E-state index is 0.416. The van der Waals surface area contributed by atoms with Crippen molar-refractivity contribution in [2.75, 3.05) is 14.2 Å². The fourth-order valence-electron chi connectivity index (χ4n) is 0.836. The van der Waals surface area contributed by atoms with E-state index in [4.69, 9.17) is 0 Å². The van der Waals surface area contributed by atoms with Crippen molar-refractivity contribution in [3.8, 4) is 0 Å². The molecule has 0 radical (unpaired) electrons. The number of halogens is 2. The van der Waals surface area contributed by atoms with Crippen molar-refractivity contribution in [3.05, 3.63) is 0 Å². The Morgan fingerprint density at radius 1 is 1.32 bits per heavy atom. The average Bonchev–Trinajstić information content (AvgIpc) is 2.26. The van der Waals surface area contributed by atoms with Gasteiger partial charge in [-0.2, -0.15) is 0 Å². The fourth-order valence-corrected chi connectivity index (χ4v) is 1.24. The van der Waals surface area contributed by atoms with Crippen LogP contribution in [0.3, 0.4) is 0 Å². The van der Waals surface area contributed by atoms with Gasteiger partial charge in [-0.1, -0.05) is 25.9 Å². The number of hydrogen-bond acceptors (Lipinski definition) is 6. The second-order valence-corrected chi connectivity index (χ2v) is 5.49. The molecular weight excluding hydrogens is 282 g/mol. The molecule has 9 heteroatoms. The highest BCUT2D eigenvalue weighted by Gasteiger charge is 2.29. The first kappa shape index (κ1) is 17.6. The number of carbonyl (C=O) groups is 2. The van der Waals surface area contributed by atoms with Gasteiger partial charge in [0.1, 0.15) is 5.71 Å². The Hall–Kier alpha value is -1.38. The van der Waals surface area contributed by atoms with Gasteiger partial charge in [0.2, 0.25) is 0 Å². The Kier molecular flexibility index (Phi) is 6.74. The Morgan fingerprint density at radius 2 is 1.84 bits per heavy atom. The largest absolute Gasteiger partial charge is 0.460 e. The maximum Gasteiger partial charge on any atom is 0.446 e. The van der Waals surface area contributed by atoms with E-state index >= 15 is 0 Å². The lowest BCUT2D eigenvalue weighted by Gasteiger charge is -2.20. The summed E-state index contributed by atoms with van der Waals surface area (Å²) in [6.07, 6.45) is -3.90. The fraction of sp³-hybridized carbons (Fsp3) is 0.700. The Balaban J connectivity index is 4.67. The first-order chi connectivity index (χ1) is 8.59. The number of ether oxygens (including phenoxy) is 1. The molecule has 0 aromatic carbocycles. The zero-order valence-corrected chi connectivity index (χ0v) is 12.1. The molecule has 0 aromatic rings. The zero-order valence-electron chi connectivity index (χ0n) is 11.3. The molecule has 0 aliphatic carbocycles. The standard InChI is InChI=1S/C10H16F2N2O4S/c1-10(2,3)6(7(11)12)13-18-8(15)14(4)19-9(16)17-5/h7H,1-5H3. The third-order valence-corrected chi connectivity index (χ3v) is 2.57. The molecule has 0 saturated heterocycles. The number of carbonyl (C=O) groups excluding carboxylic acids is 2. The summed E-state index contributed by atoms with van der Waals surface area (Å²) in [5, 5.41) is 2.42. The summed E-state index contributed by atoms with van der Waals surface area (Å²) in [5.74, 6) is 0. The Morgan fingerprint density at radius 3 is 2.21 bits per heavy atom. The molecule has 1 amide bonds. The summed E-state index contributed by atoms with van der Waals surface area (Å²) in [6, 6.07) is 0. The van der Waals surface area contributed by atoms with Gasteiger partial charge in [-0.3, -0.25) is 4.84 Å². The summed E-state index contributed by atoms with van der Waals surface area (Å²) in [4.78, 5) is 26.6. The van der Waals surface area contributed by atoms with Gasteiger partial charge in [0.15, 0.2) is 0 Å². The maximum atomic E-state index is 12.7. The van der Waals surface area contributed by atoms with E-state index in [1.54, 1.807) is 0 Å². The topological polar surface area (TPSA) is 68.2 Å². The highest BCUT2D eigenvalue weighted by atomic mass is 32.2. The van der Waals surface area contributed by atoms with Crippen LogP contribution in [0, 0.1) is 5.41 Å². The summed E-state index contributed by atoms with van der Waals surface area (Å²) in [7, 11) is 2.36. The molecule has 110 valence electrons. The van der Waals surface area contributed by atoms with Crippen LogP contribution < -0.4 is 0 Å². The highest BCUT2D eigenvalue weighted by molar-refractivity contribution is 8.11. The van der Waals surface area contributed by atoms with Crippen molar-refractivity contribution in [2.24, 2.45) is 10.6 Å². The maximum absolute atomic E-state index is 12.7. The van der Waals surface area contributed by atoms with Crippen LogP contribution in [0.2, 0.25) is 0 Å². The number of alkyl halides is 2. The number of oxime groups is 1. The number of methoxy groups -OCH3 is 1. The third-order valence-electron chi connectivity index (χ3n) is 1.83. The molecule has 0 saturated carbocycles. The van der Waals surface area contributed by atoms with Gasteiger partial charge in [-0.05, 0) is 0 Å². The van der Waals surface area contributed by atoms with Gasteiger partial charge in [0, 0.05) is 12.5 Å². The molecule has 0 N–H and O–H groups in total. The van der Waals surface area contributed by atoms with E-state index in [2.05, 4.69) is 14.7 Å². The Labute approximate surface area is 114 Å². The molecule has 0 fully saturated rings. The molecule has 0 aliphatic heterocycles. The minimum Gasteiger partial charge on any atom is -0.460 e. The van der Waals surface area contributed by atoms with E-state index in [0.717, 1.165) is 11.4 Å². The van der Waals surface area contributed by atoms with Gasteiger partial charge >= 0.3 is 11.4 Å². The van der Waals surface area contributed by atoms with Gasteiger partial charge in [-0.15, -0.1) is 0 Å². The van der Waals surface area contributed by atoms with Crippen LogP contribution in [-0.2, 0) is 9.57 Å². The van der Waals surface area contributed by atoms with E-state index in [0.29, 0.717) is 11.9 Å². The first-order valence-electron chi connectivity index (χ1n) is 5.16. The molecule has 19 heavy (non-hydrogen) atoms. The average molecular weight is 298 g/mol. The monoisotopic (exact) mass is 298 g/mol. The van der Waals surface area contributed by atoms with E-state index in [-0.39, 0.29) is 0 Å². The summed E-state index contributed by atoms with van der Waals surface area (Å²) in [5.41, 5.74) is -1.50. The third kappa shape index (κ3) is 6.37. The van der Waals surface area contributed by atoms with E-state index < -0.39 is 28.9 Å². The molecule has 0 bridgehead atoms. The van der Waals surface area contributed by atoms with E-state index in [1.165, 1.54) is 27.8 Å². The van der Waals surface area contributed by atoms with Crippen LogP contribution in [0.4, 0.5) is 18.4 Å². The first-order valence-corrected chi connectivity index (χ1v) is 5.94. The smallest absolute Gasteiger partial charge is 0.446 e. The van der Waals surface area contributed by atoms with Crippen LogP contribution in [-0.4, -0.2) is 42.0 Å². The van der Waals surface area contributed by atoms with Crippen molar-refractivity contribution in [3.63, 3.8) is 0 Å². The number of hydrogen-bond donors (Lipinski definition) is 0. The molecule has 0 aromatic heterocycles. The number of amides is 1. The molecule has 0 atom stereocenters. The molecule has 0 rings (SSSR count).